The molecule has 0 unspecified atom stereocenters. The van der Waals surface area contributed by atoms with Crippen molar-refractivity contribution in [3.05, 3.63) is 30.7 Å². The molecule has 0 saturated heterocycles. The highest BCUT2D eigenvalue weighted by atomic mass is 15.1. The van der Waals surface area contributed by atoms with Gasteiger partial charge in [0.05, 0.1) is 11.7 Å². The second kappa shape index (κ2) is 3.27. The Balaban J connectivity index is 2.29. The van der Waals surface area contributed by atoms with E-state index >= 15 is 0 Å². The van der Waals surface area contributed by atoms with Gasteiger partial charge >= 0.3 is 0 Å². The van der Waals surface area contributed by atoms with E-state index < -0.39 is 0 Å². The molecule has 0 aliphatic rings. The van der Waals surface area contributed by atoms with Gasteiger partial charge in [0.15, 0.2) is 5.82 Å². The van der Waals surface area contributed by atoms with Crippen LogP contribution in [0, 0.1) is 0 Å². The highest BCUT2D eigenvalue weighted by Crippen LogP contribution is 2.20. The minimum absolute atomic E-state index is 0.442. The summed E-state index contributed by atoms with van der Waals surface area (Å²) in [6.07, 6.45) is 4.97. The Bertz CT molecular complexity index is 631. The summed E-state index contributed by atoms with van der Waals surface area (Å²) in [5, 5.41) is 7.45. The Morgan fingerprint density at radius 3 is 2.88 bits per heavy atom. The van der Waals surface area contributed by atoms with Crippen molar-refractivity contribution >= 4 is 16.7 Å². The first-order chi connectivity index (χ1) is 7.84. The van der Waals surface area contributed by atoms with Crippen LogP contribution in [0.25, 0.3) is 22.4 Å². The summed E-state index contributed by atoms with van der Waals surface area (Å²) in [5.74, 6) is 0.965. The molecule has 6 nitrogen and oxygen atoms in total. The zero-order chi connectivity index (χ0) is 11.0. The lowest BCUT2D eigenvalue weighted by molar-refractivity contribution is 1.07. The molecular formula is C10H8N6. The van der Waals surface area contributed by atoms with Gasteiger partial charge in [-0.25, -0.2) is 9.97 Å². The lowest BCUT2D eigenvalue weighted by Crippen LogP contribution is -1.98. The lowest BCUT2D eigenvalue weighted by Gasteiger charge is -2.02. The summed E-state index contributed by atoms with van der Waals surface area (Å²) in [5.41, 5.74) is 7.31. The monoisotopic (exact) mass is 212 g/mol. The molecule has 6 heteroatoms. The molecule has 0 aromatic carbocycles. The molecule has 0 radical (unpaired) electrons. The number of hydrogen-bond acceptors (Lipinski definition) is 5. The van der Waals surface area contributed by atoms with Crippen molar-refractivity contribution in [1.29, 1.82) is 0 Å². The summed E-state index contributed by atoms with van der Waals surface area (Å²) in [4.78, 5) is 12.6. The Kier molecular flexibility index (Phi) is 1.79. The number of anilines is 1. The minimum atomic E-state index is 0.442. The number of fused-ring (bicyclic) bond motifs is 1. The molecule has 3 aromatic rings. The van der Waals surface area contributed by atoms with Crippen molar-refractivity contribution in [3.63, 3.8) is 0 Å². The molecule has 0 saturated carbocycles. The largest absolute Gasteiger partial charge is 0.383 e. The van der Waals surface area contributed by atoms with Crippen molar-refractivity contribution in [2.45, 2.75) is 0 Å². The molecule has 0 spiro atoms. The fourth-order valence-electron chi connectivity index (χ4n) is 1.51. The van der Waals surface area contributed by atoms with Gasteiger partial charge < -0.3 is 5.73 Å². The van der Waals surface area contributed by atoms with E-state index in [-0.39, 0.29) is 0 Å². The van der Waals surface area contributed by atoms with Crippen LogP contribution in [0.2, 0.25) is 0 Å². The van der Waals surface area contributed by atoms with Gasteiger partial charge in [-0.05, 0) is 12.1 Å². The Morgan fingerprint density at radius 2 is 2.06 bits per heavy atom. The average molecular weight is 212 g/mol. The fraction of sp³-hybridized carbons (Fsp3) is 0. The molecule has 3 N–H and O–H groups in total. The molecule has 0 atom stereocenters. The number of nitrogens with two attached hydrogens (primary N) is 1. The normalized spacial score (nSPS) is 10.8. The molecular weight excluding hydrogens is 204 g/mol. The zero-order valence-electron chi connectivity index (χ0n) is 8.25. The van der Waals surface area contributed by atoms with Gasteiger partial charge in [-0.3, -0.25) is 10.1 Å². The van der Waals surface area contributed by atoms with Gasteiger partial charge in [0.1, 0.15) is 11.5 Å². The van der Waals surface area contributed by atoms with Crippen LogP contribution >= 0.6 is 0 Å². The SMILES string of the molecule is Nc1nc(-c2ccn[nH]2)nc2cnccc12. The first-order valence-electron chi connectivity index (χ1n) is 4.71. The molecule has 0 bridgehead atoms. The summed E-state index contributed by atoms with van der Waals surface area (Å²) < 4.78 is 0. The van der Waals surface area contributed by atoms with Crippen LogP contribution in [0.1, 0.15) is 0 Å². The lowest BCUT2D eigenvalue weighted by atomic mass is 10.3. The first kappa shape index (κ1) is 8.78. The van der Waals surface area contributed by atoms with Crippen LogP contribution in [0.15, 0.2) is 30.7 Å². The maximum Gasteiger partial charge on any atom is 0.180 e. The number of nitrogens with one attached hydrogen (secondary N) is 1. The molecule has 0 fully saturated rings. The quantitative estimate of drug-likeness (QED) is 0.627. The highest BCUT2D eigenvalue weighted by Gasteiger charge is 2.07. The third-order valence-corrected chi connectivity index (χ3v) is 2.27. The van der Waals surface area contributed by atoms with E-state index in [0.717, 1.165) is 16.6 Å². The van der Waals surface area contributed by atoms with Crippen LogP contribution in [0.3, 0.4) is 0 Å². The third kappa shape index (κ3) is 1.28. The summed E-state index contributed by atoms with van der Waals surface area (Å²) >= 11 is 0. The Morgan fingerprint density at radius 1 is 1.12 bits per heavy atom. The van der Waals surface area contributed by atoms with Crippen molar-refractivity contribution < 1.29 is 0 Å². The Labute approximate surface area is 90.6 Å². The summed E-state index contributed by atoms with van der Waals surface area (Å²) in [6, 6.07) is 3.58. The molecule has 3 aromatic heterocycles. The average Bonchev–Trinajstić information content (AvgIpc) is 2.82. The van der Waals surface area contributed by atoms with Crippen molar-refractivity contribution in [2.24, 2.45) is 0 Å². The number of nitrogen functional groups attached to an aromatic ring is 1. The number of H-pyrrole nitrogens is 1. The van der Waals surface area contributed by atoms with E-state index in [1.54, 1.807) is 30.7 Å². The van der Waals surface area contributed by atoms with Crippen molar-refractivity contribution in [3.8, 4) is 11.5 Å². The number of aromatic amines is 1. The van der Waals surface area contributed by atoms with E-state index in [4.69, 9.17) is 5.73 Å². The van der Waals surface area contributed by atoms with Crippen LogP contribution in [-0.2, 0) is 0 Å². The predicted molar refractivity (Wildman–Crippen MR) is 59.3 cm³/mol. The second-order valence-electron chi connectivity index (χ2n) is 3.30. The van der Waals surface area contributed by atoms with Crippen LogP contribution in [-0.4, -0.2) is 25.1 Å². The smallest absolute Gasteiger partial charge is 0.180 e. The van der Waals surface area contributed by atoms with Gasteiger partial charge in [-0.15, -0.1) is 0 Å². The third-order valence-electron chi connectivity index (χ3n) is 2.27. The van der Waals surface area contributed by atoms with E-state index in [0.29, 0.717) is 11.6 Å². The number of pyridine rings is 1. The van der Waals surface area contributed by atoms with Gasteiger partial charge in [-0.2, -0.15) is 5.10 Å². The highest BCUT2D eigenvalue weighted by molar-refractivity contribution is 5.88. The van der Waals surface area contributed by atoms with E-state index in [1.165, 1.54) is 0 Å². The minimum Gasteiger partial charge on any atom is -0.383 e. The number of nitrogens with zero attached hydrogens (tertiary/aromatic N) is 4. The van der Waals surface area contributed by atoms with Gasteiger partial charge in [0.2, 0.25) is 0 Å². The van der Waals surface area contributed by atoms with Crippen molar-refractivity contribution in [2.75, 3.05) is 5.73 Å². The number of hydrogen-bond donors (Lipinski definition) is 2. The van der Waals surface area contributed by atoms with Gasteiger partial charge in [0.25, 0.3) is 0 Å². The molecule has 78 valence electrons. The van der Waals surface area contributed by atoms with Gasteiger partial charge in [0, 0.05) is 17.8 Å². The van der Waals surface area contributed by atoms with E-state index in [9.17, 15) is 0 Å². The molecule has 3 rings (SSSR count). The van der Waals surface area contributed by atoms with E-state index in [1.807, 2.05) is 0 Å². The van der Waals surface area contributed by atoms with Crippen LogP contribution in [0.4, 0.5) is 5.82 Å². The number of aromatic nitrogens is 5. The van der Waals surface area contributed by atoms with Crippen molar-refractivity contribution in [1.82, 2.24) is 25.1 Å². The van der Waals surface area contributed by atoms with Crippen LogP contribution < -0.4 is 5.73 Å². The molecule has 3 heterocycles. The fourth-order valence-corrected chi connectivity index (χ4v) is 1.51. The standard InChI is InChI=1S/C10H8N6/c11-9-6-1-3-12-5-8(6)14-10(15-9)7-2-4-13-16-7/h1-5H,(H,13,16)(H2,11,14,15). The maximum atomic E-state index is 5.85. The summed E-state index contributed by atoms with van der Waals surface area (Å²) in [7, 11) is 0. The number of rotatable bonds is 1. The maximum absolute atomic E-state index is 5.85. The van der Waals surface area contributed by atoms with E-state index in [2.05, 4.69) is 25.1 Å². The van der Waals surface area contributed by atoms with Gasteiger partial charge in [-0.1, -0.05) is 0 Å². The Hall–Kier alpha value is -2.50. The van der Waals surface area contributed by atoms with Crippen LogP contribution in [0.5, 0.6) is 0 Å². The summed E-state index contributed by atoms with van der Waals surface area (Å²) in [6.45, 7) is 0. The first-order valence-corrected chi connectivity index (χ1v) is 4.71. The molecule has 16 heavy (non-hydrogen) atoms. The second-order valence-corrected chi connectivity index (χ2v) is 3.30. The molecule has 0 aliphatic heterocycles. The molecule has 0 amide bonds. The predicted octanol–water partition coefficient (Wildman–Crippen LogP) is 0.997. The topological polar surface area (TPSA) is 93.4 Å². The zero-order valence-corrected chi connectivity index (χ0v) is 8.25. The molecule has 0 aliphatic carbocycles.